The van der Waals surface area contributed by atoms with E-state index in [1.807, 2.05) is 20.8 Å². The first-order valence-electron chi connectivity index (χ1n) is 8.66. The highest BCUT2D eigenvalue weighted by Crippen LogP contribution is 2.22. The molecule has 144 valence electrons. The second-order valence-electron chi connectivity index (χ2n) is 7.30. The molecular weight excluding hydrogens is 358 g/mol. The van der Waals surface area contributed by atoms with Crippen molar-refractivity contribution in [3.8, 4) is 0 Å². The number of nitrogens with one attached hydrogen (secondary N) is 2. The van der Waals surface area contributed by atoms with E-state index in [1.54, 1.807) is 11.0 Å². The molecule has 0 bridgehead atoms. The minimum absolute atomic E-state index is 0.211. The van der Waals surface area contributed by atoms with Gasteiger partial charge in [-0.15, -0.1) is 10.2 Å². The van der Waals surface area contributed by atoms with Crippen LogP contribution in [-0.2, 0) is 4.74 Å². The van der Waals surface area contributed by atoms with Crippen molar-refractivity contribution >= 4 is 29.3 Å². The van der Waals surface area contributed by atoms with Crippen molar-refractivity contribution in [3.05, 3.63) is 16.9 Å². The minimum atomic E-state index is -0.487. The summed E-state index contributed by atoms with van der Waals surface area (Å²) in [6.45, 7) is 7.55. The summed E-state index contributed by atoms with van der Waals surface area (Å²) in [5.74, 6) is 0.0505. The molecule has 0 radical (unpaired) electrons. The second kappa shape index (κ2) is 8.53. The number of likely N-dealkylation sites (tertiary alicyclic amines) is 1. The topological polar surface area (TPSA) is 96.5 Å². The number of hydrogen-bond donors (Lipinski definition) is 2. The molecule has 2 N–H and O–H groups in total. The molecule has 1 fully saturated rings. The molecule has 1 aromatic rings. The lowest BCUT2D eigenvalue weighted by Crippen LogP contribution is -2.42. The van der Waals surface area contributed by atoms with Gasteiger partial charge in [0.2, 0.25) is 0 Å². The van der Waals surface area contributed by atoms with Crippen LogP contribution in [0.4, 0.5) is 10.5 Å². The van der Waals surface area contributed by atoms with Crippen molar-refractivity contribution in [2.75, 3.05) is 32.0 Å². The Hall–Kier alpha value is -2.09. The zero-order valence-corrected chi connectivity index (χ0v) is 16.4. The Morgan fingerprint density at radius 2 is 1.96 bits per heavy atom. The molecule has 2 heterocycles. The van der Waals surface area contributed by atoms with Crippen molar-refractivity contribution in [3.63, 3.8) is 0 Å². The molecule has 2 rings (SSSR count). The average molecular weight is 384 g/mol. The first-order valence-corrected chi connectivity index (χ1v) is 9.04. The minimum Gasteiger partial charge on any atom is -0.444 e. The van der Waals surface area contributed by atoms with Crippen LogP contribution in [-0.4, -0.2) is 59.4 Å². The average Bonchev–Trinajstić information content (AvgIpc) is 2.58. The zero-order chi connectivity index (χ0) is 19.3. The van der Waals surface area contributed by atoms with E-state index in [0.717, 1.165) is 12.8 Å². The predicted octanol–water partition coefficient (Wildman–Crippen LogP) is 2.55. The van der Waals surface area contributed by atoms with Gasteiger partial charge in [0.05, 0.1) is 5.69 Å². The summed E-state index contributed by atoms with van der Waals surface area (Å²) in [6.07, 6.45) is 1.44. The highest BCUT2D eigenvalue weighted by molar-refractivity contribution is 6.29. The predicted molar refractivity (Wildman–Crippen MR) is 99.5 cm³/mol. The van der Waals surface area contributed by atoms with Gasteiger partial charge in [0.1, 0.15) is 5.60 Å². The maximum atomic E-state index is 12.1. The van der Waals surface area contributed by atoms with Crippen molar-refractivity contribution in [1.82, 2.24) is 20.4 Å². The number of carbonyl (C=O) groups is 2. The van der Waals surface area contributed by atoms with Gasteiger partial charge in [0, 0.05) is 32.7 Å². The summed E-state index contributed by atoms with van der Waals surface area (Å²) in [5, 5.41) is 13.6. The van der Waals surface area contributed by atoms with Crippen LogP contribution in [0.3, 0.4) is 0 Å². The quantitative estimate of drug-likeness (QED) is 0.829. The number of rotatable bonds is 4. The molecule has 2 amide bonds. The Morgan fingerprint density at radius 3 is 2.54 bits per heavy atom. The molecule has 0 atom stereocenters. The molecule has 26 heavy (non-hydrogen) atoms. The van der Waals surface area contributed by atoms with Gasteiger partial charge in [0.25, 0.3) is 5.91 Å². The number of halogens is 1. The monoisotopic (exact) mass is 383 g/mol. The Kier molecular flexibility index (Phi) is 6.63. The fourth-order valence-corrected chi connectivity index (χ4v) is 2.84. The lowest BCUT2D eigenvalue weighted by Gasteiger charge is -2.33. The fourth-order valence-electron chi connectivity index (χ4n) is 2.69. The standard InChI is InChI=1S/C17H26ClN5O3/c1-17(2,3)26-16(25)23-7-5-11(6-8-23)10-20-12-9-13(18)21-22-14(12)15(24)19-4/h9,11H,5-8,10H2,1-4H3,(H,19,24)(H,20,21). The third kappa shape index (κ3) is 5.72. The number of carbonyl (C=O) groups excluding carboxylic acids is 2. The van der Waals surface area contributed by atoms with E-state index in [4.69, 9.17) is 16.3 Å². The van der Waals surface area contributed by atoms with Crippen LogP contribution in [0, 0.1) is 5.92 Å². The number of anilines is 1. The first-order chi connectivity index (χ1) is 12.2. The maximum Gasteiger partial charge on any atom is 0.410 e. The van der Waals surface area contributed by atoms with Crippen LogP contribution in [0.1, 0.15) is 44.1 Å². The summed E-state index contributed by atoms with van der Waals surface area (Å²) in [7, 11) is 1.54. The highest BCUT2D eigenvalue weighted by Gasteiger charge is 2.27. The van der Waals surface area contributed by atoms with Crippen LogP contribution in [0.25, 0.3) is 0 Å². The normalized spacial score (nSPS) is 15.5. The molecule has 0 aliphatic carbocycles. The number of aromatic nitrogens is 2. The van der Waals surface area contributed by atoms with Gasteiger partial charge in [-0.3, -0.25) is 4.79 Å². The summed E-state index contributed by atoms with van der Waals surface area (Å²) in [6, 6.07) is 1.59. The summed E-state index contributed by atoms with van der Waals surface area (Å²) in [4.78, 5) is 25.7. The summed E-state index contributed by atoms with van der Waals surface area (Å²) < 4.78 is 5.41. The third-order valence-corrected chi connectivity index (χ3v) is 4.24. The van der Waals surface area contributed by atoms with Gasteiger partial charge in [0.15, 0.2) is 10.8 Å². The van der Waals surface area contributed by atoms with Crippen LogP contribution in [0.2, 0.25) is 5.15 Å². The molecule has 0 saturated carbocycles. The van der Waals surface area contributed by atoms with Gasteiger partial charge in [-0.05, 0) is 39.5 Å². The molecule has 1 aliphatic heterocycles. The molecule has 1 aromatic heterocycles. The van der Waals surface area contributed by atoms with Crippen LogP contribution in [0.5, 0.6) is 0 Å². The highest BCUT2D eigenvalue weighted by atomic mass is 35.5. The number of piperidine rings is 1. The number of nitrogens with zero attached hydrogens (tertiary/aromatic N) is 3. The number of ether oxygens (including phenoxy) is 1. The van der Waals surface area contributed by atoms with Crippen molar-refractivity contribution in [2.24, 2.45) is 5.92 Å². The molecule has 0 spiro atoms. The van der Waals surface area contributed by atoms with Crippen LogP contribution >= 0.6 is 11.6 Å². The van der Waals surface area contributed by atoms with Crippen molar-refractivity contribution < 1.29 is 14.3 Å². The Bertz CT molecular complexity index is 654. The summed E-state index contributed by atoms with van der Waals surface area (Å²) >= 11 is 5.89. The largest absolute Gasteiger partial charge is 0.444 e. The maximum absolute atomic E-state index is 12.1. The smallest absolute Gasteiger partial charge is 0.410 e. The molecule has 0 unspecified atom stereocenters. The molecule has 0 aromatic carbocycles. The molecule has 1 aliphatic rings. The van der Waals surface area contributed by atoms with E-state index < -0.39 is 5.60 Å². The van der Waals surface area contributed by atoms with E-state index in [0.29, 0.717) is 31.2 Å². The third-order valence-electron chi connectivity index (χ3n) is 4.05. The molecule has 9 heteroatoms. The van der Waals surface area contributed by atoms with E-state index >= 15 is 0 Å². The first kappa shape index (κ1) is 20.2. The lowest BCUT2D eigenvalue weighted by atomic mass is 9.97. The SMILES string of the molecule is CNC(=O)c1nnc(Cl)cc1NCC1CCN(C(=O)OC(C)(C)C)CC1. The summed E-state index contributed by atoms with van der Waals surface area (Å²) in [5.41, 5.74) is 0.279. The van der Waals surface area contributed by atoms with Crippen LogP contribution in [0.15, 0.2) is 6.07 Å². The van der Waals surface area contributed by atoms with E-state index in [2.05, 4.69) is 20.8 Å². The van der Waals surface area contributed by atoms with Gasteiger partial charge < -0.3 is 20.3 Å². The van der Waals surface area contributed by atoms with Gasteiger partial charge in [-0.2, -0.15) is 0 Å². The Balaban J connectivity index is 1.88. The lowest BCUT2D eigenvalue weighted by molar-refractivity contribution is 0.0188. The van der Waals surface area contributed by atoms with E-state index in [9.17, 15) is 9.59 Å². The van der Waals surface area contributed by atoms with E-state index in [1.165, 1.54) is 7.05 Å². The van der Waals surface area contributed by atoms with Gasteiger partial charge in [-0.1, -0.05) is 11.6 Å². The van der Waals surface area contributed by atoms with Gasteiger partial charge >= 0.3 is 6.09 Å². The second-order valence-corrected chi connectivity index (χ2v) is 7.69. The molecular formula is C17H26ClN5O3. The molecule has 8 nitrogen and oxygen atoms in total. The van der Waals surface area contributed by atoms with Crippen molar-refractivity contribution in [1.29, 1.82) is 0 Å². The molecule has 1 saturated heterocycles. The van der Waals surface area contributed by atoms with Gasteiger partial charge in [-0.25, -0.2) is 4.79 Å². The number of hydrogen-bond acceptors (Lipinski definition) is 6. The Morgan fingerprint density at radius 1 is 1.31 bits per heavy atom. The zero-order valence-electron chi connectivity index (χ0n) is 15.6. The number of amides is 2. The van der Waals surface area contributed by atoms with Crippen molar-refractivity contribution in [2.45, 2.75) is 39.2 Å². The fraction of sp³-hybridized carbons (Fsp3) is 0.647. The van der Waals surface area contributed by atoms with Crippen LogP contribution < -0.4 is 10.6 Å². The Labute approximate surface area is 158 Å². The van der Waals surface area contributed by atoms with E-state index in [-0.39, 0.29) is 22.8 Å².